The predicted octanol–water partition coefficient (Wildman–Crippen LogP) is 3.84. The molecule has 0 saturated heterocycles. The Morgan fingerprint density at radius 1 is 1.03 bits per heavy atom. The van der Waals surface area contributed by atoms with Gasteiger partial charge in [0, 0.05) is 26.2 Å². The van der Waals surface area contributed by atoms with Crippen molar-refractivity contribution in [2.75, 3.05) is 26.4 Å². The number of aliphatic hydroxyl groups excluding tert-OH is 1. The Morgan fingerprint density at radius 3 is 1.97 bits per heavy atom. The fraction of sp³-hybridized carbons (Fsp3) is 0.538. The number of rotatable bonds is 12. The number of ether oxygens (including phenoxy) is 2. The topological polar surface area (TPSA) is 120 Å². The van der Waals surface area contributed by atoms with Gasteiger partial charge in [-0.15, -0.1) is 0 Å². The molecule has 2 aromatic carbocycles. The highest BCUT2D eigenvalue weighted by molar-refractivity contribution is 7.83. The lowest BCUT2D eigenvalue weighted by atomic mass is 10.1. The van der Waals surface area contributed by atoms with E-state index in [2.05, 4.69) is 32.4 Å². The van der Waals surface area contributed by atoms with E-state index >= 15 is 0 Å². The summed E-state index contributed by atoms with van der Waals surface area (Å²) in [5, 5.41) is 7.57. The summed E-state index contributed by atoms with van der Waals surface area (Å²) in [6.07, 6.45) is 1.37. The van der Waals surface area contributed by atoms with Crippen LogP contribution in [0.5, 0.6) is 5.75 Å². The maximum atomic E-state index is 12.0. The summed E-state index contributed by atoms with van der Waals surface area (Å²) < 4.78 is 26.4. The second kappa shape index (κ2) is 19.5. The summed E-state index contributed by atoms with van der Waals surface area (Å²) in [6, 6.07) is 19.1. The van der Waals surface area contributed by atoms with Crippen molar-refractivity contribution in [3.05, 3.63) is 60.7 Å². The third kappa shape index (κ3) is 17.6. The van der Waals surface area contributed by atoms with Crippen LogP contribution in [-0.2, 0) is 15.7 Å². The molecule has 34 heavy (non-hydrogen) atoms. The molecule has 0 aliphatic rings. The molecule has 0 bridgehead atoms. The number of nitrogens with one attached hydrogen (secondary N) is 1. The summed E-state index contributed by atoms with van der Waals surface area (Å²) in [5.41, 5.74) is 10.8. The molecular weight excluding hydrogens is 450 g/mol. The summed E-state index contributed by atoms with van der Waals surface area (Å²) in [7, 11) is -1.38. The van der Waals surface area contributed by atoms with Gasteiger partial charge >= 0.3 is 0 Å². The van der Waals surface area contributed by atoms with E-state index < -0.39 is 17.2 Å². The highest BCUT2D eigenvalue weighted by Gasteiger charge is 2.18. The zero-order valence-corrected chi connectivity index (χ0v) is 22.2. The Morgan fingerprint density at radius 2 is 1.53 bits per heavy atom. The van der Waals surface area contributed by atoms with Crippen LogP contribution in [-0.4, -0.2) is 47.4 Å². The molecule has 2 unspecified atom stereocenters. The number of benzene rings is 2. The minimum absolute atomic E-state index is 0.210. The lowest BCUT2D eigenvalue weighted by Crippen LogP contribution is -2.44. The van der Waals surface area contributed by atoms with Crippen molar-refractivity contribution in [2.45, 2.75) is 64.1 Å². The molecule has 0 aromatic heterocycles. The second-order valence-electron chi connectivity index (χ2n) is 8.56. The minimum atomic E-state index is -1.38. The van der Waals surface area contributed by atoms with Gasteiger partial charge in [0.15, 0.2) is 0 Å². The zero-order valence-electron chi connectivity index (χ0n) is 21.4. The molecule has 194 valence electrons. The average molecular weight is 496 g/mol. The quantitative estimate of drug-likeness (QED) is 0.332. The minimum Gasteiger partial charge on any atom is -0.493 e. The first-order chi connectivity index (χ1) is 16.1. The van der Waals surface area contributed by atoms with E-state index in [1.165, 1.54) is 0 Å². The lowest BCUT2D eigenvalue weighted by molar-refractivity contribution is -0.0346. The maximum absolute atomic E-state index is 12.0. The van der Waals surface area contributed by atoms with Crippen LogP contribution in [0.3, 0.4) is 0 Å². The predicted molar refractivity (Wildman–Crippen MR) is 142 cm³/mol. The van der Waals surface area contributed by atoms with Gasteiger partial charge in [-0.3, -0.25) is 0 Å². The van der Waals surface area contributed by atoms with Gasteiger partial charge in [0.2, 0.25) is 0 Å². The maximum Gasteiger partial charge on any atom is 0.126 e. The monoisotopic (exact) mass is 495 g/mol. The van der Waals surface area contributed by atoms with E-state index in [1.807, 2.05) is 36.4 Å². The van der Waals surface area contributed by atoms with E-state index in [0.717, 1.165) is 25.2 Å². The van der Waals surface area contributed by atoms with E-state index in [-0.39, 0.29) is 18.8 Å². The molecule has 0 aliphatic heterocycles. The third-order valence-electron chi connectivity index (χ3n) is 4.38. The molecule has 6 N–H and O–H groups in total. The standard InChI is InChI=1S/C18H33N3O3S.C6H6.C2H6O/c1-14(2)9-11-24-18(3,4)10-12-23-15-5-7-16(8-6-15)25(22)21-17(20)13-19;1-2-4-6-5-3-1;1-2-3/h5-8,14,17,21H,9-13,19-20H2,1-4H3;1-6H;3H,2H2,1H3. The van der Waals surface area contributed by atoms with Gasteiger partial charge in [0.05, 0.1) is 23.3 Å². The fourth-order valence-electron chi connectivity index (χ4n) is 2.36. The highest BCUT2D eigenvalue weighted by Crippen LogP contribution is 2.19. The van der Waals surface area contributed by atoms with Crippen LogP contribution in [0.2, 0.25) is 0 Å². The SMILES string of the molecule is CC(C)CCOC(C)(C)CCOc1ccc(S(=O)NC(N)CN)cc1.CCO.c1ccccc1. The first-order valence-electron chi connectivity index (χ1n) is 11.8. The normalized spacial score (nSPS) is 12.6. The molecule has 8 heteroatoms. The van der Waals surface area contributed by atoms with Gasteiger partial charge in [-0.2, -0.15) is 0 Å². The Labute approximate surface area is 208 Å². The molecule has 0 heterocycles. The molecule has 7 nitrogen and oxygen atoms in total. The summed E-state index contributed by atoms with van der Waals surface area (Å²) in [4.78, 5) is 0.633. The van der Waals surface area contributed by atoms with Crippen LogP contribution < -0.4 is 20.9 Å². The summed E-state index contributed by atoms with van der Waals surface area (Å²) >= 11 is 0. The Bertz CT molecular complexity index is 717. The third-order valence-corrected chi connectivity index (χ3v) is 5.59. The van der Waals surface area contributed by atoms with Crippen LogP contribution in [0.1, 0.15) is 47.5 Å². The van der Waals surface area contributed by atoms with Gasteiger partial charge in [-0.05, 0) is 57.4 Å². The molecule has 0 saturated carbocycles. The first-order valence-corrected chi connectivity index (χ1v) is 12.9. The van der Waals surface area contributed by atoms with Crippen molar-refractivity contribution in [3.63, 3.8) is 0 Å². The number of hydrogen-bond donors (Lipinski definition) is 4. The second-order valence-corrected chi connectivity index (χ2v) is 9.80. The van der Waals surface area contributed by atoms with Crippen molar-refractivity contribution in [3.8, 4) is 5.75 Å². The van der Waals surface area contributed by atoms with Crippen LogP contribution >= 0.6 is 0 Å². The highest BCUT2D eigenvalue weighted by atomic mass is 32.2. The Kier molecular flexibility index (Phi) is 18.5. The van der Waals surface area contributed by atoms with Gasteiger partial charge in [0.1, 0.15) is 16.7 Å². The van der Waals surface area contributed by atoms with E-state index in [9.17, 15) is 4.21 Å². The summed E-state index contributed by atoms with van der Waals surface area (Å²) in [5.74, 6) is 1.38. The molecule has 2 atom stereocenters. The van der Waals surface area contributed by atoms with Crippen LogP contribution in [0.15, 0.2) is 65.6 Å². The molecule has 2 rings (SSSR count). The van der Waals surface area contributed by atoms with Crippen LogP contribution in [0.4, 0.5) is 0 Å². The van der Waals surface area contributed by atoms with Crippen LogP contribution in [0, 0.1) is 5.92 Å². The molecule has 2 aromatic rings. The van der Waals surface area contributed by atoms with Crippen molar-refractivity contribution >= 4 is 11.0 Å². The molecule has 0 spiro atoms. The van der Waals surface area contributed by atoms with Gasteiger partial charge < -0.3 is 26.0 Å². The van der Waals surface area contributed by atoms with E-state index in [1.54, 1.807) is 31.2 Å². The molecule has 0 radical (unpaired) electrons. The molecule has 0 fully saturated rings. The first kappa shape index (κ1) is 32.2. The van der Waals surface area contributed by atoms with E-state index in [4.69, 9.17) is 26.0 Å². The van der Waals surface area contributed by atoms with Crippen molar-refractivity contribution in [2.24, 2.45) is 17.4 Å². The average Bonchev–Trinajstić information content (AvgIpc) is 2.81. The smallest absolute Gasteiger partial charge is 0.126 e. The van der Waals surface area contributed by atoms with Crippen molar-refractivity contribution < 1.29 is 18.8 Å². The Hall–Kier alpha value is -1.81. The van der Waals surface area contributed by atoms with E-state index in [0.29, 0.717) is 17.4 Å². The lowest BCUT2D eigenvalue weighted by Gasteiger charge is -2.25. The van der Waals surface area contributed by atoms with Gasteiger partial charge in [-0.1, -0.05) is 50.2 Å². The van der Waals surface area contributed by atoms with Gasteiger partial charge in [0.25, 0.3) is 0 Å². The molecule has 0 aliphatic carbocycles. The van der Waals surface area contributed by atoms with Crippen molar-refractivity contribution in [1.82, 2.24) is 4.72 Å². The zero-order chi connectivity index (χ0) is 25.8. The Balaban J connectivity index is 0.00000101. The largest absolute Gasteiger partial charge is 0.493 e. The molecule has 0 amide bonds. The van der Waals surface area contributed by atoms with Gasteiger partial charge in [-0.25, -0.2) is 8.93 Å². The number of nitrogens with two attached hydrogens (primary N) is 2. The number of aliphatic hydroxyl groups is 1. The fourth-order valence-corrected chi connectivity index (χ4v) is 3.25. The van der Waals surface area contributed by atoms with Crippen molar-refractivity contribution in [1.29, 1.82) is 0 Å². The molecular formula is C26H45N3O4S. The van der Waals surface area contributed by atoms with Crippen LogP contribution in [0.25, 0.3) is 0 Å². The number of hydrogen-bond acceptors (Lipinski definition) is 6. The summed E-state index contributed by atoms with van der Waals surface area (Å²) in [6.45, 7) is 12.0.